The number of allylic oxidation sites excluding steroid dienone is 4. The van der Waals surface area contributed by atoms with Gasteiger partial charge in [0.1, 0.15) is 6.17 Å². The Hall–Kier alpha value is 0.430. The highest BCUT2D eigenvalue weighted by atomic mass is 127. The van der Waals surface area contributed by atoms with Crippen molar-refractivity contribution in [2.75, 3.05) is 4.43 Å². The molecule has 0 saturated carbocycles. The zero-order valence-electron chi connectivity index (χ0n) is 6.86. The lowest BCUT2D eigenvalue weighted by Gasteiger charge is -2.04. The third-order valence-electron chi connectivity index (χ3n) is 1.82. The molecule has 0 saturated heterocycles. The standard InChI is InChI=1S/C9H11ClFI/c1-6-2-7(5-12)4-9(11)8(10)3-6/h3-4,8-9H,2,5H2,1H3/t8?,9-/m0/s1. The average Bonchev–Trinajstić information content (AvgIpc) is 2.12. The van der Waals surface area contributed by atoms with Crippen LogP contribution < -0.4 is 0 Å². The van der Waals surface area contributed by atoms with E-state index in [1.807, 2.05) is 13.0 Å². The minimum Gasteiger partial charge on any atom is -0.241 e. The molecule has 0 aliphatic heterocycles. The highest BCUT2D eigenvalue weighted by Gasteiger charge is 2.17. The summed E-state index contributed by atoms with van der Waals surface area (Å²) in [5.74, 6) is 0. The van der Waals surface area contributed by atoms with Crippen molar-refractivity contribution in [3.8, 4) is 0 Å². The maximum absolute atomic E-state index is 13.2. The molecule has 1 aliphatic carbocycles. The second-order valence-corrected chi connectivity index (χ2v) is 4.30. The van der Waals surface area contributed by atoms with Crippen LogP contribution >= 0.6 is 34.2 Å². The van der Waals surface area contributed by atoms with Crippen molar-refractivity contribution in [1.82, 2.24) is 0 Å². The number of alkyl halides is 3. The normalized spacial score (nSPS) is 30.7. The Labute approximate surface area is 91.0 Å². The first-order chi connectivity index (χ1) is 5.63. The van der Waals surface area contributed by atoms with Crippen LogP contribution in [0.15, 0.2) is 23.3 Å². The van der Waals surface area contributed by atoms with Crippen LogP contribution in [0.2, 0.25) is 0 Å². The van der Waals surface area contributed by atoms with E-state index in [2.05, 4.69) is 22.6 Å². The van der Waals surface area contributed by atoms with Crippen molar-refractivity contribution < 1.29 is 4.39 Å². The quantitative estimate of drug-likeness (QED) is 0.394. The Kier molecular flexibility index (Phi) is 4.03. The van der Waals surface area contributed by atoms with Gasteiger partial charge in [-0.25, -0.2) is 4.39 Å². The predicted octanol–water partition coefficient (Wildman–Crippen LogP) is 3.64. The first-order valence-electron chi connectivity index (χ1n) is 3.84. The van der Waals surface area contributed by atoms with Crippen LogP contribution in [0.1, 0.15) is 13.3 Å². The lowest BCUT2D eigenvalue weighted by molar-refractivity contribution is 0.407. The van der Waals surface area contributed by atoms with E-state index >= 15 is 0 Å². The summed E-state index contributed by atoms with van der Waals surface area (Å²) < 4.78 is 14.1. The summed E-state index contributed by atoms with van der Waals surface area (Å²) in [4.78, 5) is 0. The van der Waals surface area contributed by atoms with E-state index in [-0.39, 0.29) is 0 Å². The number of hydrogen-bond acceptors (Lipinski definition) is 0. The molecule has 0 nitrogen and oxygen atoms in total. The van der Waals surface area contributed by atoms with Gasteiger partial charge in [0.05, 0.1) is 5.38 Å². The predicted molar refractivity (Wildman–Crippen MR) is 59.9 cm³/mol. The number of hydrogen-bond donors (Lipinski definition) is 0. The van der Waals surface area contributed by atoms with Gasteiger partial charge in [0.15, 0.2) is 0 Å². The molecule has 3 heteroatoms. The van der Waals surface area contributed by atoms with Crippen LogP contribution in [0, 0.1) is 0 Å². The molecule has 0 aromatic carbocycles. The van der Waals surface area contributed by atoms with E-state index < -0.39 is 11.5 Å². The SMILES string of the molecule is CC1=CC(Cl)[C@@H](F)C=C(CI)C1. The van der Waals surface area contributed by atoms with E-state index in [1.54, 1.807) is 6.08 Å². The fourth-order valence-corrected chi connectivity index (χ4v) is 2.06. The van der Waals surface area contributed by atoms with E-state index in [1.165, 1.54) is 0 Å². The molecule has 0 aromatic heterocycles. The molecule has 0 fully saturated rings. The van der Waals surface area contributed by atoms with E-state index in [0.717, 1.165) is 22.0 Å². The molecule has 0 N–H and O–H groups in total. The van der Waals surface area contributed by atoms with Gasteiger partial charge in [-0.2, -0.15) is 0 Å². The highest BCUT2D eigenvalue weighted by Crippen LogP contribution is 2.24. The second kappa shape index (κ2) is 4.61. The van der Waals surface area contributed by atoms with Gasteiger partial charge in [-0.05, 0) is 19.4 Å². The summed E-state index contributed by atoms with van der Waals surface area (Å²) in [5.41, 5.74) is 2.30. The molecule has 0 bridgehead atoms. The minimum atomic E-state index is -1.02. The molecule has 1 rings (SSSR count). The molecule has 12 heavy (non-hydrogen) atoms. The van der Waals surface area contributed by atoms with Crippen molar-refractivity contribution in [3.05, 3.63) is 23.3 Å². The van der Waals surface area contributed by atoms with Crippen molar-refractivity contribution in [3.63, 3.8) is 0 Å². The summed E-state index contributed by atoms with van der Waals surface area (Å²) >= 11 is 8.04. The molecule has 68 valence electrons. The van der Waals surface area contributed by atoms with Crippen molar-refractivity contribution >= 4 is 34.2 Å². The maximum atomic E-state index is 13.2. The first kappa shape index (κ1) is 10.5. The monoisotopic (exact) mass is 300 g/mol. The Morgan fingerprint density at radius 3 is 2.92 bits per heavy atom. The highest BCUT2D eigenvalue weighted by molar-refractivity contribution is 14.1. The minimum absolute atomic E-state index is 0.481. The summed E-state index contributed by atoms with van der Waals surface area (Å²) in [5, 5.41) is -0.481. The number of halogens is 3. The molecule has 0 aromatic rings. The van der Waals surface area contributed by atoms with Crippen LogP contribution in [0.5, 0.6) is 0 Å². The van der Waals surface area contributed by atoms with Crippen molar-refractivity contribution in [2.24, 2.45) is 0 Å². The topological polar surface area (TPSA) is 0 Å². The van der Waals surface area contributed by atoms with Gasteiger partial charge in [-0.3, -0.25) is 0 Å². The summed E-state index contributed by atoms with van der Waals surface area (Å²) in [6.07, 6.45) is 3.31. The van der Waals surface area contributed by atoms with Gasteiger partial charge in [0, 0.05) is 4.43 Å². The average molecular weight is 301 g/mol. The first-order valence-corrected chi connectivity index (χ1v) is 5.80. The van der Waals surface area contributed by atoms with Gasteiger partial charge in [-0.15, -0.1) is 11.6 Å². The fraction of sp³-hybridized carbons (Fsp3) is 0.556. The summed E-state index contributed by atoms with van der Waals surface area (Å²) in [7, 11) is 0. The van der Waals surface area contributed by atoms with Crippen LogP contribution in [-0.4, -0.2) is 16.0 Å². The molecule has 0 heterocycles. The zero-order chi connectivity index (χ0) is 9.14. The van der Waals surface area contributed by atoms with Crippen LogP contribution in [-0.2, 0) is 0 Å². The second-order valence-electron chi connectivity index (χ2n) is 3.04. The van der Waals surface area contributed by atoms with Crippen molar-refractivity contribution in [2.45, 2.75) is 24.9 Å². The third kappa shape index (κ3) is 2.73. The smallest absolute Gasteiger partial charge is 0.138 e. The van der Waals surface area contributed by atoms with E-state index in [0.29, 0.717) is 0 Å². The zero-order valence-corrected chi connectivity index (χ0v) is 9.77. The molecule has 0 spiro atoms. The molecule has 0 amide bonds. The molecular formula is C9H11ClFI. The molecule has 1 aliphatic rings. The Morgan fingerprint density at radius 1 is 1.67 bits per heavy atom. The Bertz CT molecular complexity index is 223. The van der Waals surface area contributed by atoms with Crippen LogP contribution in [0.3, 0.4) is 0 Å². The van der Waals surface area contributed by atoms with Gasteiger partial charge >= 0.3 is 0 Å². The maximum Gasteiger partial charge on any atom is 0.138 e. The Balaban J connectivity index is 2.83. The summed E-state index contributed by atoms with van der Waals surface area (Å²) in [6.45, 7) is 1.99. The Morgan fingerprint density at radius 2 is 2.33 bits per heavy atom. The van der Waals surface area contributed by atoms with Gasteiger partial charge in [0.25, 0.3) is 0 Å². The molecular weight excluding hydrogens is 289 g/mol. The van der Waals surface area contributed by atoms with E-state index in [9.17, 15) is 4.39 Å². The summed E-state index contributed by atoms with van der Waals surface area (Å²) in [6, 6.07) is 0. The van der Waals surface area contributed by atoms with Gasteiger partial charge in [-0.1, -0.05) is 39.8 Å². The molecule has 1 unspecified atom stereocenters. The lowest BCUT2D eigenvalue weighted by atomic mass is 10.1. The molecule has 0 radical (unpaired) electrons. The van der Waals surface area contributed by atoms with Gasteiger partial charge in [0.2, 0.25) is 0 Å². The lowest BCUT2D eigenvalue weighted by Crippen LogP contribution is -2.09. The van der Waals surface area contributed by atoms with Gasteiger partial charge < -0.3 is 0 Å². The van der Waals surface area contributed by atoms with Crippen molar-refractivity contribution in [1.29, 1.82) is 0 Å². The third-order valence-corrected chi connectivity index (χ3v) is 3.17. The van der Waals surface area contributed by atoms with Crippen LogP contribution in [0.25, 0.3) is 0 Å². The largest absolute Gasteiger partial charge is 0.241 e. The van der Waals surface area contributed by atoms with E-state index in [4.69, 9.17) is 11.6 Å². The van der Waals surface area contributed by atoms with Crippen LogP contribution in [0.4, 0.5) is 4.39 Å². The molecule has 2 atom stereocenters. The number of rotatable bonds is 1. The fourth-order valence-electron chi connectivity index (χ4n) is 1.25.